The van der Waals surface area contributed by atoms with Gasteiger partial charge in [0.1, 0.15) is 0 Å². The van der Waals surface area contributed by atoms with E-state index in [4.69, 9.17) is 0 Å². The lowest BCUT2D eigenvalue weighted by Gasteiger charge is -2.36. The first-order valence-electron chi connectivity index (χ1n) is 6.79. The van der Waals surface area contributed by atoms with Crippen LogP contribution in [0.15, 0.2) is 12.4 Å². The van der Waals surface area contributed by atoms with E-state index >= 15 is 0 Å². The molecule has 0 aliphatic carbocycles. The largest absolute Gasteiger partial charge is 0.365 e. The summed E-state index contributed by atoms with van der Waals surface area (Å²) in [6.45, 7) is 6.06. The molecule has 1 unspecified atom stereocenters. The Kier molecular flexibility index (Phi) is 8.70. The van der Waals surface area contributed by atoms with Crippen molar-refractivity contribution in [2.45, 2.75) is 6.92 Å². The van der Waals surface area contributed by atoms with Crippen molar-refractivity contribution in [1.29, 1.82) is 0 Å². The van der Waals surface area contributed by atoms with Gasteiger partial charge in [-0.05, 0) is 7.05 Å². The van der Waals surface area contributed by atoms with Gasteiger partial charge in [0.25, 0.3) is 0 Å². The molecular formula is C13H25Cl2N5O. The molecule has 0 bridgehead atoms. The van der Waals surface area contributed by atoms with Crippen LogP contribution in [-0.4, -0.2) is 60.4 Å². The molecule has 2 rings (SSSR count). The highest BCUT2D eigenvalue weighted by Crippen LogP contribution is 2.15. The summed E-state index contributed by atoms with van der Waals surface area (Å²) in [5.74, 6) is 0.301. The molecule has 0 saturated carbocycles. The lowest BCUT2D eigenvalue weighted by Crippen LogP contribution is -2.51. The molecule has 1 amide bonds. The highest BCUT2D eigenvalue weighted by atomic mass is 35.5. The van der Waals surface area contributed by atoms with Crippen molar-refractivity contribution in [2.75, 3.05) is 44.7 Å². The van der Waals surface area contributed by atoms with E-state index in [2.05, 4.69) is 15.3 Å². The van der Waals surface area contributed by atoms with Crippen molar-refractivity contribution in [3.05, 3.63) is 12.4 Å². The number of amides is 1. The third-order valence-corrected chi connectivity index (χ3v) is 3.58. The van der Waals surface area contributed by atoms with Crippen molar-refractivity contribution >= 4 is 36.4 Å². The molecular weight excluding hydrogens is 313 g/mol. The van der Waals surface area contributed by atoms with E-state index in [-0.39, 0.29) is 36.6 Å². The maximum absolute atomic E-state index is 12.2. The average Bonchev–Trinajstić information content (AvgIpc) is 2.85. The molecule has 2 heterocycles. The van der Waals surface area contributed by atoms with Gasteiger partial charge in [0.05, 0.1) is 11.9 Å². The Morgan fingerprint density at radius 1 is 1.33 bits per heavy atom. The van der Waals surface area contributed by atoms with Crippen LogP contribution in [0.1, 0.15) is 6.92 Å². The molecule has 1 aromatic heterocycles. The van der Waals surface area contributed by atoms with Gasteiger partial charge in [-0.15, -0.1) is 24.8 Å². The van der Waals surface area contributed by atoms with E-state index in [0.29, 0.717) is 0 Å². The van der Waals surface area contributed by atoms with Crippen molar-refractivity contribution in [1.82, 2.24) is 20.0 Å². The molecule has 0 spiro atoms. The van der Waals surface area contributed by atoms with E-state index in [1.54, 1.807) is 0 Å². The molecule has 6 nitrogen and oxygen atoms in total. The molecule has 1 aliphatic rings. The van der Waals surface area contributed by atoms with Gasteiger partial charge < -0.3 is 15.1 Å². The molecule has 8 heteroatoms. The van der Waals surface area contributed by atoms with Crippen LogP contribution in [0, 0.1) is 5.92 Å². The number of carbonyl (C=O) groups is 1. The summed E-state index contributed by atoms with van der Waals surface area (Å²) >= 11 is 0. The molecule has 1 atom stereocenters. The highest BCUT2D eigenvalue weighted by Gasteiger charge is 2.24. The molecule has 21 heavy (non-hydrogen) atoms. The molecule has 0 radical (unpaired) electrons. The normalized spacial score (nSPS) is 16.0. The fourth-order valence-electron chi connectivity index (χ4n) is 2.46. The number of halogens is 2. The summed E-state index contributed by atoms with van der Waals surface area (Å²) in [6, 6.07) is 0. The van der Waals surface area contributed by atoms with Gasteiger partial charge in [-0.1, -0.05) is 6.92 Å². The third kappa shape index (κ3) is 5.05. The average molecular weight is 338 g/mol. The number of aryl methyl sites for hydroxylation is 1. The Morgan fingerprint density at radius 3 is 2.43 bits per heavy atom. The van der Waals surface area contributed by atoms with Gasteiger partial charge in [0.15, 0.2) is 0 Å². The van der Waals surface area contributed by atoms with Crippen LogP contribution in [0.2, 0.25) is 0 Å². The maximum atomic E-state index is 12.2. The molecule has 1 saturated heterocycles. The fraction of sp³-hybridized carbons (Fsp3) is 0.692. The van der Waals surface area contributed by atoms with Gasteiger partial charge in [0, 0.05) is 51.9 Å². The minimum atomic E-state index is 0. The maximum Gasteiger partial charge on any atom is 0.226 e. The molecule has 1 aromatic rings. The summed E-state index contributed by atoms with van der Waals surface area (Å²) in [7, 11) is 3.80. The van der Waals surface area contributed by atoms with E-state index in [1.165, 1.54) is 0 Å². The quantitative estimate of drug-likeness (QED) is 0.881. The van der Waals surface area contributed by atoms with Crippen LogP contribution in [-0.2, 0) is 11.8 Å². The fourth-order valence-corrected chi connectivity index (χ4v) is 2.46. The number of piperazine rings is 1. The first-order valence-corrected chi connectivity index (χ1v) is 6.79. The van der Waals surface area contributed by atoms with Crippen LogP contribution in [0.4, 0.5) is 5.69 Å². The molecule has 1 aliphatic heterocycles. The Labute approximate surface area is 138 Å². The number of hydrogen-bond donors (Lipinski definition) is 1. The zero-order valence-electron chi connectivity index (χ0n) is 12.8. The second-order valence-corrected chi connectivity index (χ2v) is 5.14. The van der Waals surface area contributed by atoms with Crippen molar-refractivity contribution in [3.8, 4) is 0 Å². The number of rotatable bonds is 4. The van der Waals surface area contributed by atoms with Crippen LogP contribution in [0.5, 0.6) is 0 Å². The number of nitrogens with one attached hydrogen (secondary N) is 1. The zero-order valence-corrected chi connectivity index (χ0v) is 14.4. The summed E-state index contributed by atoms with van der Waals surface area (Å²) < 4.78 is 1.81. The Hall–Kier alpha value is -0.980. The molecule has 1 fully saturated rings. The Balaban J connectivity index is 0.00000200. The van der Waals surface area contributed by atoms with Gasteiger partial charge in [-0.25, -0.2) is 0 Å². The van der Waals surface area contributed by atoms with E-state index in [9.17, 15) is 4.79 Å². The lowest BCUT2D eigenvalue weighted by atomic mass is 10.1. The Bertz CT molecular complexity index is 432. The summed E-state index contributed by atoms with van der Waals surface area (Å²) in [5, 5.41) is 7.24. The van der Waals surface area contributed by atoms with Gasteiger partial charge >= 0.3 is 0 Å². The number of hydrogen-bond acceptors (Lipinski definition) is 4. The van der Waals surface area contributed by atoms with Crippen LogP contribution in [0.3, 0.4) is 0 Å². The Morgan fingerprint density at radius 2 is 1.95 bits per heavy atom. The molecule has 0 aromatic carbocycles. The second kappa shape index (κ2) is 9.12. The number of nitrogens with zero attached hydrogens (tertiary/aromatic N) is 4. The van der Waals surface area contributed by atoms with Gasteiger partial charge in [0.2, 0.25) is 5.91 Å². The second-order valence-electron chi connectivity index (χ2n) is 5.14. The van der Waals surface area contributed by atoms with Crippen LogP contribution in [0.25, 0.3) is 0 Å². The minimum Gasteiger partial charge on any atom is -0.365 e. The van der Waals surface area contributed by atoms with Gasteiger partial charge in [-0.3, -0.25) is 9.48 Å². The van der Waals surface area contributed by atoms with Crippen molar-refractivity contribution < 1.29 is 4.79 Å². The minimum absolute atomic E-state index is 0. The first kappa shape index (κ1) is 20.0. The molecule has 1 N–H and O–H groups in total. The topological polar surface area (TPSA) is 53.4 Å². The monoisotopic (exact) mass is 337 g/mol. The van der Waals surface area contributed by atoms with Gasteiger partial charge in [-0.2, -0.15) is 5.10 Å². The SMILES string of the molecule is CNCC(C)C(=O)N1CCN(c2cnn(C)c2)CC1.Cl.Cl. The lowest BCUT2D eigenvalue weighted by molar-refractivity contribution is -0.135. The van der Waals surface area contributed by atoms with E-state index in [0.717, 1.165) is 38.4 Å². The standard InChI is InChI=1S/C13H23N5O.2ClH/c1-11(8-14-2)13(19)18-6-4-17(5-7-18)12-9-15-16(3)10-12;;/h9-11,14H,4-8H2,1-3H3;2*1H. The third-order valence-electron chi connectivity index (χ3n) is 3.58. The van der Waals surface area contributed by atoms with Crippen LogP contribution < -0.4 is 10.2 Å². The predicted molar refractivity (Wildman–Crippen MR) is 89.6 cm³/mol. The number of carbonyl (C=O) groups excluding carboxylic acids is 1. The highest BCUT2D eigenvalue weighted by molar-refractivity contribution is 5.85. The number of aromatic nitrogens is 2. The first-order chi connectivity index (χ1) is 9.11. The van der Waals surface area contributed by atoms with E-state index in [1.807, 2.05) is 43.0 Å². The summed E-state index contributed by atoms with van der Waals surface area (Å²) in [6.07, 6.45) is 3.89. The van der Waals surface area contributed by atoms with Crippen molar-refractivity contribution in [2.24, 2.45) is 13.0 Å². The predicted octanol–water partition coefficient (Wildman–Crippen LogP) is 0.768. The zero-order chi connectivity index (χ0) is 13.8. The number of anilines is 1. The smallest absolute Gasteiger partial charge is 0.226 e. The summed E-state index contributed by atoms with van der Waals surface area (Å²) in [4.78, 5) is 16.4. The van der Waals surface area contributed by atoms with Crippen molar-refractivity contribution in [3.63, 3.8) is 0 Å². The summed E-state index contributed by atoms with van der Waals surface area (Å²) in [5.41, 5.74) is 1.14. The van der Waals surface area contributed by atoms with E-state index < -0.39 is 0 Å². The molecule has 122 valence electrons. The van der Waals surface area contributed by atoms with Crippen LogP contribution >= 0.6 is 24.8 Å².